The zero-order valence-corrected chi connectivity index (χ0v) is 17.0. The average Bonchev–Trinajstić information content (AvgIpc) is 3.02. The van der Waals surface area contributed by atoms with Crippen molar-refractivity contribution in [2.75, 3.05) is 38.3 Å². The SMILES string of the molecule is COc1ccc(C2(C)NC(=O)N(/N=C/c3ccc(N4CCOCC4)cc3)C2=O)cc1. The van der Waals surface area contributed by atoms with E-state index in [1.807, 2.05) is 24.3 Å². The van der Waals surface area contributed by atoms with E-state index in [1.165, 1.54) is 6.21 Å². The normalized spacial score (nSPS) is 21.9. The van der Waals surface area contributed by atoms with Crippen molar-refractivity contribution in [3.05, 3.63) is 59.7 Å². The number of amides is 3. The molecule has 0 radical (unpaired) electrons. The van der Waals surface area contributed by atoms with Gasteiger partial charge in [0.15, 0.2) is 0 Å². The maximum absolute atomic E-state index is 13.0. The summed E-state index contributed by atoms with van der Waals surface area (Å²) in [4.78, 5) is 27.6. The predicted octanol–water partition coefficient (Wildman–Crippen LogP) is 2.33. The summed E-state index contributed by atoms with van der Waals surface area (Å²) >= 11 is 0. The summed E-state index contributed by atoms with van der Waals surface area (Å²) < 4.78 is 10.5. The predicted molar refractivity (Wildman–Crippen MR) is 113 cm³/mol. The largest absolute Gasteiger partial charge is 0.497 e. The van der Waals surface area contributed by atoms with Gasteiger partial charge in [-0.2, -0.15) is 5.10 Å². The van der Waals surface area contributed by atoms with Crippen LogP contribution in [0.1, 0.15) is 18.1 Å². The third-order valence-corrected chi connectivity index (χ3v) is 5.43. The van der Waals surface area contributed by atoms with Gasteiger partial charge < -0.3 is 19.7 Å². The van der Waals surface area contributed by atoms with E-state index in [1.54, 1.807) is 38.3 Å². The molecule has 3 amide bonds. The molecule has 0 aromatic heterocycles. The molecule has 1 N–H and O–H groups in total. The lowest BCUT2D eigenvalue weighted by atomic mass is 9.92. The van der Waals surface area contributed by atoms with Crippen LogP contribution in [0.15, 0.2) is 53.6 Å². The van der Waals surface area contributed by atoms with Gasteiger partial charge >= 0.3 is 6.03 Å². The Hall–Kier alpha value is -3.39. The number of nitrogens with zero attached hydrogens (tertiary/aromatic N) is 3. The van der Waals surface area contributed by atoms with Gasteiger partial charge in [-0.1, -0.05) is 24.3 Å². The van der Waals surface area contributed by atoms with Crippen molar-refractivity contribution in [3.8, 4) is 5.75 Å². The van der Waals surface area contributed by atoms with Gasteiger partial charge in [0.2, 0.25) is 0 Å². The van der Waals surface area contributed by atoms with Gasteiger partial charge in [-0.3, -0.25) is 4.79 Å². The number of urea groups is 1. The van der Waals surface area contributed by atoms with E-state index in [0.29, 0.717) is 11.3 Å². The number of rotatable bonds is 5. The summed E-state index contributed by atoms with van der Waals surface area (Å²) in [5.41, 5.74) is 1.39. The molecule has 2 aliphatic rings. The molecule has 2 aromatic rings. The number of anilines is 1. The van der Waals surface area contributed by atoms with E-state index in [2.05, 4.69) is 15.3 Å². The fraction of sp³-hybridized carbons (Fsp3) is 0.318. The highest BCUT2D eigenvalue weighted by atomic mass is 16.5. The van der Waals surface area contributed by atoms with Crippen molar-refractivity contribution < 1.29 is 19.1 Å². The number of carbonyl (C=O) groups excluding carboxylic acids is 2. The minimum Gasteiger partial charge on any atom is -0.497 e. The van der Waals surface area contributed by atoms with Crippen molar-refractivity contribution in [1.82, 2.24) is 10.3 Å². The first-order valence-electron chi connectivity index (χ1n) is 9.79. The zero-order chi connectivity index (χ0) is 21.1. The van der Waals surface area contributed by atoms with E-state index in [0.717, 1.165) is 42.6 Å². The van der Waals surface area contributed by atoms with Crippen LogP contribution in [0.5, 0.6) is 5.75 Å². The molecule has 30 heavy (non-hydrogen) atoms. The van der Waals surface area contributed by atoms with E-state index in [-0.39, 0.29) is 0 Å². The van der Waals surface area contributed by atoms with Crippen LogP contribution in [0.25, 0.3) is 0 Å². The smallest absolute Gasteiger partial charge is 0.346 e. The second kappa shape index (κ2) is 8.16. The third kappa shape index (κ3) is 3.73. The minimum absolute atomic E-state index is 0.432. The molecule has 0 saturated carbocycles. The molecule has 4 rings (SSSR count). The lowest BCUT2D eigenvalue weighted by molar-refractivity contribution is -0.131. The van der Waals surface area contributed by atoms with E-state index < -0.39 is 17.5 Å². The molecule has 0 aliphatic carbocycles. The van der Waals surface area contributed by atoms with E-state index in [9.17, 15) is 9.59 Å². The van der Waals surface area contributed by atoms with Crippen molar-refractivity contribution in [2.24, 2.45) is 5.10 Å². The maximum Gasteiger partial charge on any atom is 0.346 e. The Morgan fingerprint density at radius 2 is 1.73 bits per heavy atom. The fourth-order valence-electron chi connectivity index (χ4n) is 3.57. The molecule has 8 heteroatoms. The van der Waals surface area contributed by atoms with Gasteiger partial charge in [0.05, 0.1) is 26.5 Å². The Balaban J connectivity index is 1.48. The van der Waals surface area contributed by atoms with Crippen LogP contribution in [0.3, 0.4) is 0 Å². The van der Waals surface area contributed by atoms with Crippen LogP contribution >= 0.6 is 0 Å². The molecule has 2 aromatic carbocycles. The highest BCUT2D eigenvalue weighted by molar-refractivity contribution is 6.07. The number of carbonyl (C=O) groups is 2. The number of hydrogen-bond acceptors (Lipinski definition) is 6. The number of imide groups is 1. The summed E-state index contributed by atoms with van der Waals surface area (Å²) in [5.74, 6) is 0.244. The van der Waals surface area contributed by atoms with Crippen LogP contribution in [0, 0.1) is 0 Å². The number of benzene rings is 2. The van der Waals surface area contributed by atoms with Gasteiger partial charge in [-0.25, -0.2) is 4.79 Å². The highest BCUT2D eigenvalue weighted by Gasteiger charge is 2.49. The zero-order valence-electron chi connectivity index (χ0n) is 17.0. The number of hydrazone groups is 1. The van der Waals surface area contributed by atoms with Crippen LogP contribution in [-0.2, 0) is 15.1 Å². The molecule has 2 heterocycles. The lowest BCUT2D eigenvalue weighted by Crippen LogP contribution is -2.40. The van der Waals surface area contributed by atoms with Gasteiger partial charge in [-0.05, 0) is 42.3 Å². The van der Waals surface area contributed by atoms with E-state index >= 15 is 0 Å². The molecule has 1 atom stereocenters. The topological polar surface area (TPSA) is 83.5 Å². The van der Waals surface area contributed by atoms with Crippen molar-refractivity contribution in [2.45, 2.75) is 12.5 Å². The lowest BCUT2D eigenvalue weighted by Gasteiger charge is -2.28. The van der Waals surface area contributed by atoms with Gasteiger partial charge in [0.1, 0.15) is 11.3 Å². The first-order chi connectivity index (χ1) is 14.5. The van der Waals surface area contributed by atoms with Crippen LogP contribution in [0.2, 0.25) is 0 Å². The van der Waals surface area contributed by atoms with Crippen LogP contribution < -0.4 is 15.0 Å². The van der Waals surface area contributed by atoms with Crippen LogP contribution in [-0.4, -0.2) is 56.6 Å². The minimum atomic E-state index is -1.18. The quantitative estimate of drug-likeness (QED) is 0.607. The molecule has 0 spiro atoms. The van der Waals surface area contributed by atoms with Crippen LogP contribution in [0.4, 0.5) is 10.5 Å². The summed E-state index contributed by atoms with van der Waals surface area (Å²) in [5, 5.41) is 7.75. The first kappa shape index (κ1) is 19.9. The molecule has 2 saturated heterocycles. The molecule has 0 bridgehead atoms. The number of hydrogen-bond donors (Lipinski definition) is 1. The summed E-state index contributed by atoms with van der Waals surface area (Å²) in [7, 11) is 1.57. The Labute approximate surface area is 175 Å². The van der Waals surface area contributed by atoms with Gasteiger partial charge in [-0.15, -0.1) is 5.01 Å². The second-order valence-electron chi connectivity index (χ2n) is 7.34. The monoisotopic (exact) mass is 408 g/mol. The first-order valence-corrected chi connectivity index (χ1v) is 9.79. The molecule has 2 aliphatic heterocycles. The molecule has 2 fully saturated rings. The standard InChI is InChI=1S/C22H24N4O4/c1-22(17-5-9-19(29-2)10-6-17)20(27)26(21(28)24-22)23-15-16-3-7-18(8-4-16)25-11-13-30-14-12-25/h3-10,15H,11-14H2,1-2H3,(H,24,28)/b23-15+. The summed E-state index contributed by atoms with van der Waals surface area (Å²) in [6.45, 7) is 4.84. The van der Waals surface area contributed by atoms with E-state index in [4.69, 9.17) is 9.47 Å². The molecular weight excluding hydrogens is 384 g/mol. The molecule has 8 nitrogen and oxygen atoms in total. The summed E-state index contributed by atoms with van der Waals surface area (Å²) in [6, 6.07) is 14.3. The Morgan fingerprint density at radius 1 is 1.07 bits per heavy atom. The van der Waals surface area contributed by atoms with Gasteiger partial charge in [0.25, 0.3) is 5.91 Å². The Morgan fingerprint density at radius 3 is 2.37 bits per heavy atom. The van der Waals surface area contributed by atoms with Crippen molar-refractivity contribution >= 4 is 23.8 Å². The maximum atomic E-state index is 13.0. The number of morpholine rings is 1. The second-order valence-corrected chi connectivity index (χ2v) is 7.34. The fourth-order valence-corrected chi connectivity index (χ4v) is 3.57. The molecule has 156 valence electrons. The van der Waals surface area contributed by atoms with Crippen molar-refractivity contribution in [1.29, 1.82) is 0 Å². The Bertz CT molecular complexity index is 952. The number of methoxy groups -OCH3 is 1. The number of nitrogens with one attached hydrogen (secondary N) is 1. The van der Waals surface area contributed by atoms with Crippen molar-refractivity contribution in [3.63, 3.8) is 0 Å². The average molecular weight is 408 g/mol. The number of ether oxygens (including phenoxy) is 2. The Kier molecular flexibility index (Phi) is 5.41. The molecular formula is C22H24N4O4. The third-order valence-electron chi connectivity index (χ3n) is 5.43. The van der Waals surface area contributed by atoms with Gasteiger partial charge in [0, 0.05) is 18.8 Å². The molecule has 1 unspecified atom stereocenters. The highest BCUT2D eigenvalue weighted by Crippen LogP contribution is 2.30. The summed E-state index contributed by atoms with van der Waals surface area (Å²) in [6.07, 6.45) is 1.51.